The number of rotatable bonds is 8. The van der Waals surface area contributed by atoms with Gasteiger partial charge in [-0.05, 0) is 33.6 Å². The zero-order valence-corrected chi connectivity index (χ0v) is 22.9. The molecule has 4 aromatic heterocycles. The zero-order chi connectivity index (χ0) is 26.6. The van der Waals surface area contributed by atoms with Crippen LogP contribution >= 0.6 is 30.8 Å². The number of halogens is 2. The Bertz CT molecular complexity index is 1360. The molecule has 0 saturated carbocycles. The summed E-state index contributed by atoms with van der Waals surface area (Å²) in [4.78, 5) is 26.5. The van der Waals surface area contributed by atoms with Crippen LogP contribution in [0.15, 0.2) is 12.7 Å². The number of imidazole rings is 2. The molecule has 4 aromatic rings. The predicted molar refractivity (Wildman–Crippen MR) is 140 cm³/mol. The Kier molecular flexibility index (Phi) is 9.07. The van der Waals surface area contributed by atoms with Crippen LogP contribution in [0.5, 0.6) is 0 Å². The highest BCUT2D eigenvalue weighted by molar-refractivity contribution is 7.53. The smallest absolute Gasteiger partial charge is 0.331 e. The highest BCUT2D eigenvalue weighted by Gasteiger charge is 2.30. The third kappa shape index (κ3) is 7.23. The van der Waals surface area contributed by atoms with Crippen LogP contribution in [0, 0.1) is 5.92 Å². The summed E-state index contributed by atoms with van der Waals surface area (Å²) in [6.07, 6.45) is 3.04. The minimum absolute atomic E-state index is 0.00398. The molecule has 0 bridgehead atoms. The van der Waals surface area contributed by atoms with Crippen molar-refractivity contribution in [2.24, 2.45) is 5.92 Å². The lowest BCUT2D eigenvalue weighted by molar-refractivity contribution is 0.140. The van der Waals surface area contributed by atoms with Gasteiger partial charge in [0.05, 0.1) is 31.0 Å². The second-order valence-electron chi connectivity index (χ2n) is 8.62. The number of hydrogen-bond donors (Lipinski definition) is 3. The second-order valence-corrected chi connectivity index (χ2v) is 11.3. The Morgan fingerprint density at radius 1 is 0.972 bits per heavy atom. The van der Waals surface area contributed by atoms with Gasteiger partial charge in [-0.1, -0.05) is 30.1 Å². The van der Waals surface area contributed by atoms with Gasteiger partial charge >= 0.3 is 7.60 Å². The minimum atomic E-state index is -3.20. The van der Waals surface area contributed by atoms with E-state index in [9.17, 15) is 4.57 Å². The van der Waals surface area contributed by atoms with Gasteiger partial charge in [-0.2, -0.15) is 19.9 Å². The molecule has 0 radical (unpaired) electrons. The summed E-state index contributed by atoms with van der Waals surface area (Å²) in [6, 6.07) is 0. The van der Waals surface area contributed by atoms with Gasteiger partial charge in [-0.25, -0.2) is 9.97 Å². The van der Waals surface area contributed by atoms with Crippen molar-refractivity contribution in [1.82, 2.24) is 39.5 Å². The first-order chi connectivity index (χ1) is 16.9. The van der Waals surface area contributed by atoms with Gasteiger partial charge in [-0.15, -0.1) is 0 Å². The number of aromatic nitrogens is 8. The quantitative estimate of drug-likeness (QED) is 0.206. The van der Waals surface area contributed by atoms with E-state index in [4.69, 9.17) is 43.7 Å². The number of nitrogens with one attached hydrogen (secondary N) is 1. The van der Waals surface area contributed by atoms with E-state index in [1.54, 1.807) is 6.33 Å². The maximum Gasteiger partial charge on any atom is 0.331 e. The fraction of sp³-hybridized carbons (Fsp3) is 0.500. The van der Waals surface area contributed by atoms with Crippen molar-refractivity contribution in [2.45, 2.75) is 53.4 Å². The molecule has 0 aliphatic heterocycles. The maximum atomic E-state index is 13.0. The Morgan fingerprint density at radius 2 is 1.58 bits per heavy atom. The minimum Gasteiger partial charge on any atom is -0.368 e. The van der Waals surface area contributed by atoms with Gasteiger partial charge in [0.25, 0.3) is 0 Å². The van der Waals surface area contributed by atoms with Crippen molar-refractivity contribution in [1.29, 1.82) is 0 Å². The van der Waals surface area contributed by atoms with Crippen molar-refractivity contribution >= 4 is 65.0 Å². The zero-order valence-electron chi connectivity index (χ0n) is 20.5. The molecule has 13 nitrogen and oxygen atoms in total. The molecule has 0 saturated heterocycles. The molecule has 4 heterocycles. The normalized spacial score (nSPS) is 12.9. The van der Waals surface area contributed by atoms with E-state index in [0.717, 1.165) is 0 Å². The lowest BCUT2D eigenvalue weighted by Gasteiger charge is -2.25. The molecule has 0 aromatic carbocycles. The highest BCUT2D eigenvalue weighted by Crippen LogP contribution is 2.52. The summed E-state index contributed by atoms with van der Waals surface area (Å²) in [5, 5.41) is 0.510. The van der Waals surface area contributed by atoms with Crippen LogP contribution < -0.4 is 11.5 Å². The molecule has 16 heteroatoms. The molecule has 0 fully saturated rings. The monoisotopic (exact) mass is 558 g/mol. The first-order valence-corrected chi connectivity index (χ1v) is 13.6. The summed E-state index contributed by atoms with van der Waals surface area (Å²) in [5.74, 6) is 0.217. The van der Waals surface area contributed by atoms with Gasteiger partial charge in [0.2, 0.25) is 11.9 Å². The summed E-state index contributed by atoms with van der Waals surface area (Å²) in [7, 11) is -3.20. The van der Waals surface area contributed by atoms with Gasteiger partial charge < -0.3 is 30.1 Å². The fourth-order valence-electron chi connectivity index (χ4n) is 3.40. The van der Waals surface area contributed by atoms with E-state index in [2.05, 4.69) is 34.9 Å². The van der Waals surface area contributed by atoms with E-state index < -0.39 is 7.60 Å². The third-order valence-corrected chi connectivity index (χ3v) is 7.58. The summed E-state index contributed by atoms with van der Waals surface area (Å²) in [6.45, 7) is 9.85. The topological polar surface area (TPSA) is 186 Å². The molecule has 0 unspecified atom stereocenters. The van der Waals surface area contributed by atoms with E-state index >= 15 is 0 Å². The Hall–Kier alpha value is -2.57. The third-order valence-electron chi connectivity index (χ3n) is 4.48. The molecule has 0 spiro atoms. The van der Waals surface area contributed by atoms with Crippen LogP contribution in [0.3, 0.4) is 0 Å². The predicted octanol–water partition coefficient (Wildman–Crippen LogP) is 4.33. The van der Waals surface area contributed by atoms with Crippen LogP contribution in [-0.2, 0) is 20.2 Å². The summed E-state index contributed by atoms with van der Waals surface area (Å²) >= 11 is 11.7. The first-order valence-electron chi connectivity index (χ1n) is 11.1. The fourth-order valence-corrected chi connectivity index (χ4v) is 6.23. The summed E-state index contributed by atoms with van der Waals surface area (Å²) in [5.41, 5.74) is 13.1. The van der Waals surface area contributed by atoms with Gasteiger partial charge in [0.15, 0.2) is 21.6 Å². The first kappa shape index (κ1) is 28.0. The van der Waals surface area contributed by atoms with Gasteiger partial charge in [0.1, 0.15) is 11.0 Å². The molecule has 0 aliphatic carbocycles. The largest absolute Gasteiger partial charge is 0.368 e. The SMILES string of the molecule is CC(C)OP(=O)(C[C@@H](C)Cn1cnc2c(Cl)nc(N)nc21)OC(C)C.Nc1nc(Cl)c2[nH]cnc2n1. The van der Waals surface area contributed by atoms with Crippen molar-refractivity contribution in [3.05, 3.63) is 23.0 Å². The standard InChI is InChI=1S/C15H25ClN5O3P.C5H4ClN5/c1-9(2)23-25(22,24-10(3)4)7-11(5)6-21-8-18-12-13(16)19-15(17)20-14(12)21;6-3-2-4(9-1-8-2)11-5(7)10-3/h8-11H,6-7H2,1-5H3,(H2,17,19,20);1H,(H3,7,8,9,10,11)/t11-;/m0./s1. The number of aromatic amines is 1. The lowest BCUT2D eigenvalue weighted by Crippen LogP contribution is -2.17. The number of nitrogens with zero attached hydrogens (tertiary/aromatic N) is 7. The van der Waals surface area contributed by atoms with Crippen LogP contribution in [0.1, 0.15) is 34.6 Å². The van der Waals surface area contributed by atoms with Crippen molar-refractivity contribution in [3.8, 4) is 0 Å². The second kappa shape index (κ2) is 11.7. The Balaban J connectivity index is 0.000000270. The number of nitrogens with two attached hydrogens (primary N) is 2. The van der Waals surface area contributed by atoms with Crippen molar-refractivity contribution in [2.75, 3.05) is 17.6 Å². The van der Waals surface area contributed by atoms with Crippen LogP contribution in [0.25, 0.3) is 22.3 Å². The lowest BCUT2D eigenvalue weighted by atomic mass is 10.2. The van der Waals surface area contributed by atoms with E-state index in [1.165, 1.54) is 6.33 Å². The highest BCUT2D eigenvalue weighted by atomic mass is 35.5. The Labute approximate surface area is 217 Å². The van der Waals surface area contributed by atoms with Crippen LogP contribution in [0.4, 0.5) is 11.9 Å². The number of hydrogen-bond acceptors (Lipinski definition) is 11. The average molecular weight is 559 g/mol. The molecule has 1 atom stereocenters. The molecule has 36 heavy (non-hydrogen) atoms. The molecule has 0 amide bonds. The average Bonchev–Trinajstić information content (AvgIpc) is 3.34. The summed E-state index contributed by atoms with van der Waals surface area (Å²) < 4.78 is 26.0. The molecular weight excluding hydrogens is 530 g/mol. The van der Waals surface area contributed by atoms with Crippen LogP contribution in [0.2, 0.25) is 10.3 Å². The van der Waals surface area contributed by atoms with E-state index in [1.807, 2.05) is 39.2 Å². The van der Waals surface area contributed by atoms with E-state index in [-0.39, 0.29) is 41.3 Å². The molecule has 196 valence electrons. The molecule has 0 aliphatic rings. The number of anilines is 2. The number of fused-ring (bicyclic) bond motifs is 2. The molecule has 5 N–H and O–H groups in total. The number of H-pyrrole nitrogens is 1. The van der Waals surface area contributed by atoms with Crippen LogP contribution in [-0.4, -0.2) is 57.8 Å². The molecule has 4 rings (SSSR count). The Morgan fingerprint density at radius 3 is 2.22 bits per heavy atom. The van der Waals surface area contributed by atoms with Gasteiger partial charge in [-0.3, -0.25) is 4.57 Å². The maximum absolute atomic E-state index is 13.0. The van der Waals surface area contributed by atoms with Crippen molar-refractivity contribution in [3.63, 3.8) is 0 Å². The number of nitrogen functional groups attached to an aromatic ring is 2. The van der Waals surface area contributed by atoms with Gasteiger partial charge in [0, 0.05) is 6.54 Å². The van der Waals surface area contributed by atoms with Crippen molar-refractivity contribution < 1.29 is 13.6 Å². The molecular formula is C20H29Cl2N10O3P. The van der Waals surface area contributed by atoms with E-state index in [0.29, 0.717) is 34.0 Å².